The Hall–Kier alpha value is -2.25. The van der Waals surface area contributed by atoms with Crippen LogP contribution in [0.1, 0.15) is 20.8 Å². The first kappa shape index (κ1) is 21.5. The highest BCUT2D eigenvalue weighted by Crippen LogP contribution is 2.28. The summed E-state index contributed by atoms with van der Waals surface area (Å²) in [4.78, 5) is 15.5. The molecule has 29 heavy (non-hydrogen) atoms. The average molecular weight is 419 g/mol. The predicted molar refractivity (Wildman–Crippen MR) is 116 cm³/mol. The van der Waals surface area contributed by atoms with Crippen LogP contribution in [0.3, 0.4) is 0 Å². The van der Waals surface area contributed by atoms with Gasteiger partial charge in [0, 0.05) is 23.7 Å². The number of ether oxygens (including phenoxy) is 2. The Morgan fingerprint density at radius 3 is 2.45 bits per heavy atom. The summed E-state index contributed by atoms with van der Waals surface area (Å²) in [6.45, 7) is 7.07. The first-order valence-electron chi connectivity index (χ1n) is 9.67. The smallest absolute Gasteiger partial charge is 0.237 e. The van der Waals surface area contributed by atoms with E-state index in [1.54, 1.807) is 19.2 Å². The van der Waals surface area contributed by atoms with Crippen LogP contribution in [-0.2, 0) is 9.53 Å². The number of rotatable bonds is 6. The van der Waals surface area contributed by atoms with E-state index in [2.05, 4.69) is 5.32 Å². The Bertz CT molecular complexity index is 836. The van der Waals surface area contributed by atoms with Crippen LogP contribution in [0.15, 0.2) is 47.4 Å². The molecule has 1 aliphatic heterocycles. The minimum atomic E-state index is -0.348. The summed E-state index contributed by atoms with van der Waals surface area (Å²) >= 11 is 1.44. The van der Waals surface area contributed by atoms with E-state index in [9.17, 15) is 9.18 Å². The summed E-state index contributed by atoms with van der Waals surface area (Å²) < 4.78 is 25.6. The Balaban J connectivity index is 1.61. The number of thioether (sulfide) groups is 1. The Kier molecular flexibility index (Phi) is 7.03. The van der Waals surface area contributed by atoms with Crippen molar-refractivity contribution < 1.29 is 18.7 Å². The number of amides is 1. The molecule has 3 unspecified atom stereocenters. The molecular weight excluding hydrogens is 391 g/mol. The molecule has 0 aromatic heterocycles. The summed E-state index contributed by atoms with van der Waals surface area (Å²) in [7, 11) is 1.61. The number of anilines is 2. The molecule has 3 atom stereocenters. The Labute approximate surface area is 175 Å². The van der Waals surface area contributed by atoms with Crippen molar-refractivity contribution in [1.29, 1.82) is 0 Å². The lowest BCUT2D eigenvalue weighted by molar-refractivity contribution is -0.115. The SMILES string of the molecule is COc1ccc(SC(C)C(=O)Nc2ccc(N3CC(C)OC(C)C3)c(F)c2)cc1. The van der Waals surface area contributed by atoms with Crippen molar-refractivity contribution in [2.75, 3.05) is 30.4 Å². The molecule has 0 bridgehead atoms. The molecular formula is C22H27FN2O3S. The second-order valence-electron chi connectivity index (χ2n) is 7.25. The lowest BCUT2D eigenvalue weighted by Crippen LogP contribution is -2.45. The van der Waals surface area contributed by atoms with Crippen LogP contribution < -0.4 is 15.0 Å². The van der Waals surface area contributed by atoms with Crippen molar-refractivity contribution >= 4 is 29.0 Å². The molecule has 1 N–H and O–H groups in total. The summed E-state index contributed by atoms with van der Waals surface area (Å²) in [5.41, 5.74) is 0.985. The topological polar surface area (TPSA) is 50.8 Å². The molecule has 0 aliphatic carbocycles. The molecule has 1 aliphatic rings. The van der Waals surface area contributed by atoms with Crippen LogP contribution in [0.2, 0.25) is 0 Å². The standard InChI is InChI=1S/C22H27FN2O3S/c1-14-12-25(13-15(2)28-14)21-10-5-17(11-20(21)23)24-22(26)16(3)29-19-8-6-18(27-4)7-9-19/h5-11,14-16H,12-13H2,1-4H3,(H,24,26). The molecule has 5 nitrogen and oxygen atoms in total. The summed E-state index contributed by atoms with van der Waals surface area (Å²) in [6.07, 6.45) is 0.0988. The summed E-state index contributed by atoms with van der Waals surface area (Å²) in [5, 5.41) is 2.48. The Morgan fingerprint density at radius 1 is 1.21 bits per heavy atom. The van der Waals surface area contributed by atoms with E-state index in [0.29, 0.717) is 24.5 Å². The van der Waals surface area contributed by atoms with Gasteiger partial charge >= 0.3 is 0 Å². The molecule has 3 rings (SSSR count). The van der Waals surface area contributed by atoms with Gasteiger partial charge in [-0.15, -0.1) is 11.8 Å². The first-order valence-corrected chi connectivity index (χ1v) is 10.5. The van der Waals surface area contributed by atoms with Crippen molar-refractivity contribution in [3.8, 4) is 5.75 Å². The third-order valence-corrected chi connectivity index (χ3v) is 5.83. The molecule has 0 radical (unpaired) electrons. The number of hydrogen-bond donors (Lipinski definition) is 1. The summed E-state index contributed by atoms with van der Waals surface area (Å²) in [6, 6.07) is 12.4. The van der Waals surface area contributed by atoms with E-state index >= 15 is 0 Å². The number of carbonyl (C=O) groups excluding carboxylic acids is 1. The highest BCUT2D eigenvalue weighted by molar-refractivity contribution is 8.00. The number of halogens is 1. The number of morpholine rings is 1. The third kappa shape index (κ3) is 5.64. The van der Waals surface area contributed by atoms with E-state index in [1.165, 1.54) is 17.8 Å². The zero-order valence-electron chi connectivity index (χ0n) is 17.1. The Morgan fingerprint density at radius 2 is 1.86 bits per heavy atom. The number of benzene rings is 2. The van der Waals surface area contributed by atoms with Crippen molar-refractivity contribution in [3.05, 3.63) is 48.3 Å². The molecule has 0 saturated carbocycles. The molecule has 156 valence electrons. The van der Waals surface area contributed by atoms with Gasteiger partial charge in [-0.25, -0.2) is 4.39 Å². The van der Waals surface area contributed by atoms with E-state index < -0.39 is 0 Å². The molecule has 0 spiro atoms. The van der Waals surface area contributed by atoms with Crippen molar-refractivity contribution in [1.82, 2.24) is 0 Å². The zero-order valence-corrected chi connectivity index (χ0v) is 18.0. The van der Waals surface area contributed by atoms with Gasteiger partial charge in [0.25, 0.3) is 0 Å². The molecule has 1 heterocycles. The highest BCUT2D eigenvalue weighted by atomic mass is 32.2. The van der Waals surface area contributed by atoms with Gasteiger partial charge in [0.15, 0.2) is 0 Å². The minimum absolute atomic E-state index is 0.0494. The van der Waals surface area contributed by atoms with Gasteiger partial charge in [0.1, 0.15) is 11.6 Å². The van der Waals surface area contributed by atoms with Crippen LogP contribution in [0.5, 0.6) is 5.75 Å². The molecule has 2 aromatic rings. The number of nitrogens with one attached hydrogen (secondary N) is 1. The maximum atomic E-state index is 14.7. The van der Waals surface area contributed by atoms with Gasteiger partial charge in [0.2, 0.25) is 5.91 Å². The van der Waals surface area contributed by atoms with Crippen molar-refractivity contribution in [3.63, 3.8) is 0 Å². The van der Waals surface area contributed by atoms with Crippen LogP contribution >= 0.6 is 11.8 Å². The number of hydrogen-bond acceptors (Lipinski definition) is 5. The van der Waals surface area contributed by atoms with Gasteiger partial charge in [-0.1, -0.05) is 0 Å². The second kappa shape index (κ2) is 9.50. The van der Waals surface area contributed by atoms with Gasteiger partial charge in [0.05, 0.1) is 30.3 Å². The fourth-order valence-corrected chi connectivity index (χ4v) is 4.24. The second-order valence-corrected chi connectivity index (χ2v) is 8.67. The van der Waals surface area contributed by atoms with E-state index in [0.717, 1.165) is 10.6 Å². The zero-order chi connectivity index (χ0) is 21.0. The minimum Gasteiger partial charge on any atom is -0.497 e. The largest absolute Gasteiger partial charge is 0.497 e. The molecule has 2 aromatic carbocycles. The van der Waals surface area contributed by atoms with Crippen LogP contribution in [0.25, 0.3) is 0 Å². The quantitative estimate of drug-likeness (QED) is 0.697. The molecule has 1 saturated heterocycles. The number of nitrogens with zero attached hydrogens (tertiary/aromatic N) is 1. The fourth-order valence-electron chi connectivity index (χ4n) is 3.37. The molecule has 1 fully saturated rings. The fraction of sp³-hybridized carbons (Fsp3) is 0.409. The van der Waals surface area contributed by atoms with Gasteiger partial charge in [-0.05, 0) is 63.2 Å². The normalized spacial score (nSPS) is 20.2. The van der Waals surface area contributed by atoms with E-state index in [4.69, 9.17) is 9.47 Å². The lowest BCUT2D eigenvalue weighted by atomic mass is 10.2. The molecule has 7 heteroatoms. The van der Waals surface area contributed by atoms with Crippen LogP contribution in [-0.4, -0.2) is 43.6 Å². The van der Waals surface area contributed by atoms with Crippen LogP contribution in [0.4, 0.5) is 15.8 Å². The van der Waals surface area contributed by atoms with E-state index in [-0.39, 0.29) is 29.2 Å². The van der Waals surface area contributed by atoms with E-state index in [1.807, 2.05) is 49.9 Å². The van der Waals surface area contributed by atoms with Gasteiger partial charge in [-0.3, -0.25) is 4.79 Å². The maximum Gasteiger partial charge on any atom is 0.237 e. The monoisotopic (exact) mass is 418 g/mol. The molecule has 1 amide bonds. The number of carbonyl (C=O) groups is 1. The number of methoxy groups -OCH3 is 1. The lowest BCUT2D eigenvalue weighted by Gasteiger charge is -2.37. The van der Waals surface area contributed by atoms with Crippen molar-refractivity contribution in [2.24, 2.45) is 0 Å². The maximum absolute atomic E-state index is 14.7. The summed E-state index contributed by atoms with van der Waals surface area (Å²) in [5.74, 6) is 0.247. The van der Waals surface area contributed by atoms with Gasteiger partial charge < -0.3 is 19.7 Å². The average Bonchev–Trinajstić information content (AvgIpc) is 2.67. The predicted octanol–water partition coefficient (Wildman–Crippen LogP) is 4.57. The van der Waals surface area contributed by atoms with Gasteiger partial charge in [-0.2, -0.15) is 0 Å². The van der Waals surface area contributed by atoms with Crippen molar-refractivity contribution in [2.45, 2.75) is 43.1 Å². The first-order chi connectivity index (χ1) is 13.9. The highest BCUT2D eigenvalue weighted by Gasteiger charge is 2.24. The van der Waals surface area contributed by atoms with Crippen LogP contribution in [0, 0.1) is 5.82 Å². The third-order valence-electron chi connectivity index (χ3n) is 4.72.